The molecule has 4 rings (SSSR count). The van der Waals surface area contributed by atoms with Gasteiger partial charge in [0, 0.05) is 17.0 Å². The molecule has 0 saturated heterocycles. The van der Waals surface area contributed by atoms with Crippen molar-refractivity contribution in [2.24, 2.45) is 0 Å². The van der Waals surface area contributed by atoms with Crippen LogP contribution in [0.3, 0.4) is 0 Å². The molecule has 9 heteroatoms. The highest BCUT2D eigenvalue weighted by molar-refractivity contribution is 7.15. The summed E-state index contributed by atoms with van der Waals surface area (Å²) in [5.41, 5.74) is 2.49. The number of nitrogens with zero attached hydrogens (tertiary/aromatic N) is 3. The molecule has 0 aliphatic rings. The third-order valence-corrected chi connectivity index (χ3v) is 5.58. The Labute approximate surface area is 193 Å². The van der Waals surface area contributed by atoms with Crippen LogP contribution in [0, 0.1) is 0 Å². The summed E-state index contributed by atoms with van der Waals surface area (Å²) in [5, 5.41) is 13.1. The second-order valence-corrected chi connectivity index (χ2v) is 8.28. The number of amides is 1. The lowest BCUT2D eigenvalue weighted by Crippen LogP contribution is -2.26. The highest BCUT2D eigenvalue weighted by Crippen LogP contribution is 2.36. The first kappa shape index (κ1) is 22.1. The summed E-state index contributed by atoms with van der Waals surface area (Å²) < 4.78 is 6.41. The van der Waals surface area contributed by atoms with Crippen LogP contribution in [0.1, 0.15) is 24.2 Å². The van der Waals surface area contributed by atoms with Crippen molar-refractivity contribution >= 4 is 39.1 Å². The Kier molecular flexibility index (Phi) is 6.41. The van der Waals surface area contributed by atoms with Crippen molar-refractivity contribution in [2.75, 3.05) is 5.32 Å². The number of ether oxygens (including phenoxy) is 1. The Hall–Kier alpha value is -4.11. The molecular formula is C24H20N4O4S. The van der Waals surface area contributed by atoms with E-state index in [0.29, 0.717) is 21.5 Å². The standard InChI is InChI=1S/C24H20N4O4S/c1-15(2)12-20(29)25-22-21(18(13-33-22)16-8-4-3-5-9-16)24(31)32-14-28-23(30)17-10-6-7-11-19(17)26-27-28/h3-13H,14H2,1-2H3,(H,25,29). The topological polar surface area (TPSA) is 103 Å². The number of anilines is 1. The van der Waals surface area contributed by atoms with Gasteiger partial charge in [0.25, 0.3) is 5.56 Å². The van der Waals surface area contributed by atoms with E-state index in [1.807, 2.05) is 30.3 Å². The maximum atomic E-state index is 13.1. The summed E-state index contributed by atoms with van der Waals surface area (Å²) in [5.74, 6) is -1.04. The predicted molar refractivity (Wildman–Crippen MR) is 127 cm³/mol. The molecule has 4 aromatic rings. The van der Waals surface area contributed by atoms with Gasteiger partial charge in [-0.25, -0.2) is 4.79 Å². The third kappa shape index (κ3) is 4.88. The van der Waals surface area contributed by atoms with Gasteiger partial charge in [-0.1, -0.05) is 53.3 Å². The number of esters is 1. The van der Waals surface area contributed by atoms with Gasteiger partial charge >= 0.3 is 5.97 Å². The number of thiophene rings is 1. The zero-order valence-electron chi connectivity index (χ0n) is 17.9. The molecule has 0 spiro atoms. The van der Waals surface area contributed by atoms with Crippen LogP contribution in [-0.4, -0.2) is 26.9 Å². The summed E-state index contributed by atoms with van der Waals surface area (Å²) in [6.45, 7) is 3.20. The monoisotopic (exact) mass is 460 g/mol. The molecule has 1 amide bonds. The third-order valence-electron chi connectivity index (χ3n) is 4.68. The molecule has 0 radical (unpaired) electrons. The molecule has 33 heavy (non-hydrogen) atoms. The second kappa shape index (κ2) is 9.58. The number of allylic oxidation sites excluding steroid dienone is 1. The molecule has 0 saturated carbocycles. The van der Waals surface area contributed by atoms with E-state index in [0.717, 1.165) is 15.8 Å². The van der Waals surface area contributed by atoms with Crippen molar-refractivity contribution in [3.63, 3.8) is 0 Å². The van der Waals surface area contributed by atoms with E-state index in [-0.39, 0.29) is 11.5 Å². The Morgan fingerprint density at radius 2 is 1.82 bits per heavy atom. The average Bonchev–Trinajstić information content (AvgIpc) is 3.22. The Morgan fingerprint density at radius 3 is 2.58 bits per heavy atom. The molecule has 0 atom stereocenters. The number of aromatic nitrogens is 3. The lowest BCUT2D eigenvalue weighted by atomic mass is 10.0. The summed E-state index contributed by atoms with van der Waals surface area (Å²) >= 11 is 1.22. The highest BCUT2D eigenvalue weighted by atomic mass is 32.1. The minimum absolute atomic E-state index is 0.212. The van der Waals surface area contributed by atoms with E-state index < -0.39 is 18.3 Å². The number of carbonyl (C=O) groups excluding carboxylic acids is 2. The van der Waals surface area contributed by atoms with Gasteiger partial charge in [-0.15, -0.1) is 16.4 Å². The lowest BCUT2D eigenvalue weighted by molar-refractivity contribution is -0.111. The second-order valence-electron chi connectivity index (χ2n) is 7.40. The van der Waals surface area contributed by atoms with Crippen LogP contribution < -0.4 is 10.9 Å². The Morgan fingerprint density at radius 1 is 1.09 bits per heavy atom. The number of rotatable bonds is 6. The van der Waals surface area contributed by atoms with Crippen LogP contribution in [0.2, 0.25) is 0 Å². The van der Waals surface area contributed by atoms with Gasteiger partial charge in [-0.05, 0) is 31.5 Å². The Balaban J connectivity index is 1.65. The summed E-state index contributed by atoms with van der Waals surface area (Å²) in [4.78, 5) is 38.1. The first-order valence-corrected chi connectivity index (χ1v) is 10.9. The van der Waals surface area contributed by atoms with Crippen molar-refractivity contribution < 1.29 is 14.3 Å². The van der Waals surface area contributed by atoms with Gasteiger partial charge in [-0.3, -0.25) is 9.59 Å². The first-order chi connectivity index (χ1) is 15.9. The van der Waals surface area contributed by atoms with Gasteiger partial charge in [0.15, 0.2) is 6.73 Å². The minimum atomic E-state index is -0.690. The molecule has 0 fully saturated rings. The number of hydrogen-bond acceptors (Lipinski definition) is 7. The fourth-order valence-electron chi connectivity index (χ4n) is 3.19. The van der Waals surface area contributed by atoms with Crippen LogP contribution in [0.25, 0.3) is 22.0 Å². The maximum Gasteiger partial charge on any atom is 0.343 e. The predicted octanol–water partition coefficient (Wildman–Crippen LogP) is 4.24. The van der Waals surface area contributed by atoms with Gasteiger partial charge in [0.05, 0.1) is 5.39 Å². The molecule has 0 bridgehead atoms. The van der Waals surface area contributed by atoms with E-state index in [1.54, 1.807) is 43.5 Å². The van der Waals surface area contributed by atoms with E-state index in [1.165, 1.54) is 17.4 Å². The fraction of sp³-hybridized carbons (Fsp3) is 0.125. The molecule has 0 aliphatic carbocycles. The number of fused-ring (bicyclic) bond motifs is 1. The zero-order chi connectivity index (χ0) is 23.4. The molecule has 2 aromatic heterocycles. The van der Waals surface area contributed by atoms with E-state index in [4.69, 9.17) is 4.74 Å². The summed E-state index contributed by atoms with van der Waals surface area (Å²) in [6, 6.07) is 16.1. The maximum absolute atomic E-state index is 13.1. The highest BCUT2D eigenvalue weighted by Gasteiger charge is 2.23. The summed E-state index contributed by atoms with van der Waals surface area (Å²) in [6.07, 6.45) is 1.45. The van der Waals surface area contributed by atoms with Crippen LogP contribution in [0.5, 0.6) is 0 Å². The number of carbonyl (C=O) groups is 2. The van der Waals surface area contributed by atoms with Gasteiger partial charge in [-0.2, -0.15) is 4.68 Å². The zero-order valence-corrected chi connectivity index (χ0v) is 18.8. The van der Waals surface area contributed by atoms with Crippen LogP contribution in [0.4, 0.5) is 5.00 Å². The van der Waals surface area contributed by atoms with E-state index in [2.05, 4.69) is 15.6 Å². The van der Waals surface area contributed by atoms with E-state index in [9.17, 15) is 14.4 Å². The fourth-order valence-corrected chi connectivity index (χ4v) is 4.15. The van der Waals surface area contributed by atoms with E-state index >= 15 is 0 Å². The SMILES string of the molecule is CC(C)=CC(=O)Nc1scc(-c2ccccc2)c1C(=O)OCn1nnc2ccccc2c1=O. The minimum Gasteiger partial charge on any atom is -0.438 e. The van der Waals surface area contributed by atoms with Crippen LogP contribution >= 0.6 is 11.3 Å². The largest absolute Gasteiger partial charge is 0.438 e. The molecule has 8 nitrogen and oxygen atoms in total. The van der Waals surface area contributed by atoms with Crippen LogP contribution in [-0.2, 0) is 16.3 Å². The van der Waals surface area contributed by atoms with Crippen molar-refractivity contribution in [1.82, 2.24) is 15.0 Å². The van der Waals surface area contributed by atoms with Crippen molar-refractivity contribution in [3.05, 3.63) is 87.5 Å². The molecule has 166 valence electrons. The van der Waals surface area contributed by atoms with Gasteiger partial charge in [0.1, 0.15) is 16.1 Å². The molecule has 0 unspecified atom stereocenters. The van der Waals surface area contributed by atoms with Crippen molar-refractivity contribution in [3.8, 4) is 11.1 Å². The average molecular weight is 461 g/mol. The van der Waals surface area contributed by atoms with Crippen molar-refractivity contribution in [2.45, 2.75) is 20.6 Å². The molecule has 2 aromatic carbocycles. The summed E-state index contributed by atoms with van der Waals surface area (Å²) in [7, 11) is 0. The molecular weight excluding hydrogens is 440 g/mol. The van der Waals surface area contributed by atoms with Crippen molar-refractivity contribution in [1.29, 1.82) is 0 Å². The quantitative estimate of drug-likeness (QED) is 0.341. The number of benzene rings is 2. The lowest BCUT2D eigenvalue weighted by Gasteiger charge is -2.10. The normalized spacial score (nSPS) is 10.6. The number of nitrogens with one attached hydrogen (secondary N) is 1. The van der Waals surface area contributed by atoms with Gasteiger partial charge < -0.3 is 10.1 Å². The molecule has 1 N–H and O–H groups in total. The molecule has 0 aliphatic heterocycles. The van der Waals surface area contributed by atoms with Gasteiger partial charge in [0.2, 0.25) is 5.91 Å². The smallest absolute Gasteiger partial charge is 0.343 e. The first-order valence-electron chi connectivity index (χ1n) is 10.1. The van der Waals surface area contributed by atoms with Crippen LogP contribution in [0.15, 0.2) is 76.4 Å². The molecule has 2 heterocycles. The Bertz CT molecular complexity index is 1420. The number of hydrogen-bond donors (Lipinski definition) is 1.